The minimum absolute atomic E-state index is 0.130. The first-order valence-corrected chi connectivity index (χ1v) is 4.93. The molecule has 0 heterocycles. The normalized spacial score (nSPS) is 12.8. The Labute approximate surface area is 84.7 Å². The van der Waals surface area contributed by atoms with Crippen LogP contribution in [0.1, 0.15) is 12.0 Å². The van der Waals surface area contributed by atoms with E-state index in [1.165, 1.54) is 5.56 Å². The summed E-state index contributed by atoms with van der Waals surface area (Å²) in [5.74, 6) is 0. The average molecular weight is 199 g/mol. The number of halogens is 1. The number of ether oxygens (including phenoxy) is 1. The van der Waals surface area contributed by atoms with Crippen molar-refractivity contribution in [2.45, 2.75) is 18.2 Å². The number of benzene rings is 1. The van der Waals surface area contributed by atoms with Gasteiger partial charge in [-0.3, -0.25) is 0 Å². The molecule has 13 heavy (non-hydrogen) atoms. The zero-order chi connectivity index (χ0) is 9.52. The summed E-state index contributed by atoms with van der Waals surface area (Å²) < 4.78 is 4.96. The number of aryl methyl sites for hydroxylation is 1. The topological polar surface area (TPSA) is 9.23 Å². The molecule has 0 amide bonds. The summed E-state index contributed by atoms with van der Waals surface area (Å²) in [6.07, 6.45) is 2.00. The number of hydrogen-bond acceptors (Lipinski definition) is 1. The molecule has 0 aliphatic rings. The van der Waals surface area contributed by atoms with Crippen LogP contribution >= 0.6 is 11.6 Å². The average Bonchev–Trinajstić information content (AvgIpc) is 2.17. The lowest BCUT2D eigenvalue weighted by atomic mass is 10.1. The van der Waals surface area contributed by atoms with Gasteiger partial charge in [0.15, 0.2) is 0 Å². The summed E-state index contributed by atoms with van der Waals surface area (Å²) in [7, 11) is 1.68. The standard InChI is InChI=1S/C11H15ClO/c1-13-9-11(12)8-7-10-5-3-2-4-6-10/h2-6,11H,7-9H2,1H3. The van der Waals surface area contributed by atoms with Crippen LogP contribution in [0.3, 0.4) is 0 Å². The second kappa shape index (κ2) is 6.01. The highest BCUT2D eigenvalue weighted by atomic mass is 35.5. The van der Waals surface area contributed by atoms with E-state index >= 15 is 0 Å². The quantitative estimate of drug-likeness (QED) is 0.662. The van der Waals surface area contributed by atoms with Crippen LogP contribution < -0.4 is 0 Å². The van der Waals surface area contributed by atoms with E-state index in [1.54, 1.807) is 7.11 Å². The highest BCUT2D eigenvalue weighted by molar-refractivity contribution is 6.20. The van der Waals surface area contributed by atoms with Gasteiger partial charge in [0.05, 0.1) is 12.0 Å². The van der Waals surface area contributed by atoms with Crippen LogP contribution in [0.15, 0.2) is 30.3 Å². The smallest absolute Gasteiger partial charge is 0.0626 e. The van der Waals surface area contributed by atoms with Crippen molar-refractivity contribution >= 4 is 11.6 Å². The third kappa shape index (κ3) is 4.30. The van der Waals surface area contributed by atoms with Gasteiger partial charge >= 0.3 is 0 Å². The molecule has 0 spiro atoms. The van der Waals surface area contributed by atoms with Crippen LogP contribution in [-0.4, -0.2) is 19.1 Å². The molecule has 0 radical (unpaired) electrons. The molecule has 0 aliphatic carbocycles. The fourth-order valence-corrected chi connectivity index (χ4v) is 1.47. The van der Waals surface area contributed by atoms with Gasteiger partial charge in [0.25, 0.3) is 0 Å². The Kier molecular flexibility index (Phi) is 4.87. The first kappa shape index (κ1) is 10.6. The Morgan fingerprint density at radius 1 is 1.31 bits per heavy atom. The number of alkyl halides is 1. The largest absolute Gasteiger partial charge is 0.383 e. The third-order valence-corrected chi connectivity index (χ3v) is 2.28. The van der Waals surface area contributed by atoms with Gasteiger partial charge in [-0.1, -0.05) is 30.3 Å². The second-order valence-corrected chi connectivity index (χ2v) is 3.69. The third-order valence-electron chi connectivity index (χ3n) is 1.94. The van der Waals surface area contributed by atoms with Crippen molar-refractivity contribution in [3.63, 3.8) is 0 Å². The predicted molar refractivity (Wildman–Crippen MR) is 56.3 cm³/mol. The summed E-state index contributed by atoms with van der Waals surface area (Å²) >= 11 is 6.01. The van der Waals surface area contributed by atoms with Gasteiger partial charge < -0.3 is 4.74 Å². The Morgan fingerprint density at radius 3 is 2.62 bits per heavy atom. The van der Waals surface area contributed by atoms with E-state index in [-0.39, 0.29) is 5.38 Å². The summed E-state index contributed by atoms with van der Waals surface area (Å²) in [6, 6.07) is 10.4. The van der Waals surface area contributed by atoms with Crippen LogP contribution in [0.25, 0.3) is 0 Å². The number of methoxy groups -OCH3 is 1. The van der Waals surface area contributed by atoms with E-state index in [9.17, 15) is 0 Å². The second-order valence-electron chi connectivity index (χ2n) is 3.08. The minimum Gasteiger partial charge on any atom is -0.383 e. The zero-order valence-electron chi connectivity index (χ0n) is 7.87. The van der Waals surface area contributed by atoms with Crippen molar-refractivity contribution in [3.8, 4) is 0 Å². The number of hydrogen-bond donors (Lipinski definition) is 0. The van der Waals surface area contributed by atoms with Crippen molar-refractivity contribution in [2.24, 2.45) is 0 Å². The maximum atomic E-state index is 6.01. The molecule has 1 aromatic carbocycles. The lowest BCUT2D eigenvalue weighted by Crippen LogP contribution is -2.08. The van der Waals surface area contributed by atoms with Gasteiger partial charge in [0.2, 0.25) is 0 Å². The molecule has 0 N–H and O–H groups in total. The van der Waals surface area contributed by atoms with Gasteiger partial charge in [-0.05, 0) is 18.4 Å². The van der Waals surface area contributed by atoms with Gasteiger partial charge in [0, 0.05) is 7.11 Å². The maximum Gasteiger partial charge on any atom is 0.0626 e. The van der Waals surface area contributed by atoms with E-state index < -0.39 is 0 Å². The van der Waals surface area contributed by atoms with Gasteiger partial charge in [-0.25, -0.2) is 0 Å². The van der Waals surface area contributed by atoms with Crippen molar-refractivity contribution in [3.05, 3.63) is 35.9 Å². The summed E-state index contributed by atoms with van der Waals surface area (Å²) in [5.41, 5.74) is 1.34. The van der Waals surface area contributed by atoms with Crippen molar-refractivity contribution < 1.29 is 4.74 Å². The maximum absolute atomic E-state index is 6.01. The molecule has 1 nitrogen and oxygen atoms in total. The Morgan fingerprint density at radius 2 is 2.00 bits per heavy atom. The van der Waals surface area contributed by atoms with Gasteiger partial charge in [-0.15, -0.1) is 11.6 Å². The molecule has 2 heteroatoms. The molecule has 0 saturated heterocycles. The lowest BCUT2D eigenvalue weighted by Gasteiger charge is -2.07. The Balaban J connectivity index is 2.27. The van der Waals surface area contributed by atoms with E-state index in [1.807, 2.05) is 6.07 Å². The van der Waals surface area contributed by atoms with E-state index in [0.717, 1.165) is 12.8 Å². The lowest BCUT2D eigenvalue weighted by molar-refractivity contribution is 0.195. The Hall–Kier alpha value is -0.530. The van der Waals surface area contributed by atoms with Crippen LogP contribution in [-0.2, 0) is 11.2 Å². The van der Waals surface area contributed by atoms with Crippen LogP contribution in [0.5, 0.6) is 0 Å². The van der Waals surface area contributed by atoms with E-state index in [0.29, 0.717) is 6.61 Å². The predicted octanol–water partition coefficient (Wildman–Crippen LogP) is 2.87. The van der Waals surface area contributed by atoms with E-state index in [2.05, 4.69) is 24.3 Å². The first-order chi connectivity index (χ1) is 6.33. The molecule has 0 aliphatic heterocycles. The van der Waals surface area contributed by atoms with Crippen molar-refractivity contribution in [1.29, 1.82) is 0 Å². The van der Waals surface area contributed by atoms with E-state index in [4.69, 9.17) is 16.3 Å². The molecule has 0 aromatic heterocycles. The van der Waals surface area contributed by atoms with Crippen molar-refractivity contribution in [1.82, 2.24) is 0 Å². The molecular weight excluding hydrogens is 184 g/mol. The summed E-state index contributed by atoms with van der Waals surface area (Å²) in [5, 5.41) is 0.130. The molecule has 0 fully saturated rings. The molecule has 1 unspecified atom stereocenters. The highest BCUT2D eigenvalue weighted by Crippen LogP contribution is 2.09. The van der Waals surface area contributed by atoms with Crippen molar-refractivity contribution in [2.75, 3.05) is 13.7 Å². The van der Waals surface area contributed by atoms with Crippen LogP contribution in [0.2, 0.25) is 0 Å². The van der Waals surface area contributed by atoms with Gasteiger partial charge in [-0.2, -0.15) is 0 Å². The highest BCUT2D eigenvalue weighted by Gasteiger charge is 2.03. The minimum atomic E-state index is 0.130. The fraction of sp³-hybridized carbons (Fsp3) is 0.455. The van der Waals surface area contributed by atoms with Crippen LogP contribution in [0, 0.1) is 0 Å². The molecule has 1 aromatic rings. The number of rotatable bonds is 5. The Bertz CT molecular complexity index is 223. The molecule has 0 saturated carbocycles. The zero-order valence-corrected chi connectivity index (χ0v) is 8.63. The monoisotopic (exact) mass is 198 g/mol. The fourth-order valence-electron chi connectivity index (χ4n) is 1.23. The summed E-state index contributed by atoms with van der Waals surface area (Å²) in [4.78, 5) is 0. The molecular formula is C11H15ClO. The summed E-state index contributed by atoms with van der Waals surface area (Å²) in [6.45, 7) is 0.633. The first-order valence-electron chi connectivity index (χ1n) is 4.50. The molecule has 72 valence electrons. The molecule has 0 bridgehead atoms. The van der Waals surface area contributed by atoms with Crippen LogP contribution in [0.4, 0.5) is 0 Å². The molecule has 1 rings (SSSR count). The SMILES string of the molecule is COCC(Cl)CCc1ccccc1. The van der Waals surface area contributed by atoms with Gasteiger partial charge in [0.1, 0.15) is 0 Å². The molecule has 1 atom stereocenters.